The van der Waals surface area contributed by atoms with Gasteiger partial charge in [-0.3, -0.25) is 14.9 Å². The van der Waals surface area contributed by atoms with Crippen molar-refractivity contribution in [2.75, 3.05) is 21.3 Å². The second kappa shape index (κ2) is 5.87. The smallest absolute Gasteiger partial charge is 0.290 e. The van der Waals surface area contributed by atoms with Gasteiger partial charge in [0.1, 0.15) is 0 Å². The van der Waals surface area contributed by atoms with Crippen LogP contribution in [-0.2, 0) is 4.79 Å². The van der Waals surface area contributed by atoms with Gasteiger partial charge in [-0.25, -0.2) is 0 Å². The van der Waals surface area contributed by atoms with Crippen molar-refractivity contribution in [3.05, 3.63) is 22.6 Å². The molecule has 0 radical (unpaired) electrons. The van der Waals surface area contributed by atoms with E-state index in [0.717, 1.165) is 11.8 Å². The van der Waals surface area contributed by atoms with Gasteiger partial charge >= 0.3 is 0 Å². The summed E-state index contributed by atoms with van der Waals surface area (Å²) in [5, 5.41) is 1.81. The van der Waals surface area contributed by atoms with E-state index >= 15 is 0 Å². The van der Waals surface area contributed by atoms with Crippen molar-refractivity contribution >= 4 is 29.0 Å². The normalized spacial score (nSPS) is 16.2. The predicted molar refractivity (Wildman–Crippen MR) is 75.2 cm³/mol. The summed E-state index contributed by atoms with van der Waals surface area (Å²) >= 11 is 0.845. The standard InChI is InChI=1S/C13H13NO5S/c1-17-8-5-4-7(10(18-2)11(8)19-3)6-9-12(15)14-13(16)20-9/h4-6H,1-3H3,(H,14,15,16). The lowest BCUT2D eigenvalue weighted by Gasteiger charge is -2.14. The van der Waals surface area contributed by atoms with Gasteiger partial charge < -0.3 is 14.2 Å². The van der Waals surface area contributed by atoms with Crippen molar-refractivity contribution < 1.29 is 23.8 Å². The summed E-state index contributed by atoms with van der Waals surface area (Å²) in [6.07, 6.45) is 1.58. The molecule has 106 valence electrons. The van der Waals surface area contributed by atoms with E-state index in [1.807, 2.05) is 0 Å². The zero-order valence-corrected chi connectivity index (χ0v) is 12.0. The molecule has 0 bridgehead atoms. The number of thioether (sulfide) groups is 1. The molecule has 1 N–H and O–H groups in total. The van der Waals surface area contributed by atoms with Crippen LogP contribution in [0.2, 0.25) is 0 Å². The summed E-state index contributed by atoms with van der Waals surface area (Å²) in [4.78, 5) is 23.0. The lowest BCUT2D eigenvalue weighted by Crippen LogP contribution is -2.17. The molecule has 1 fully saturated rings. The third kappa shape index (κ3) is 2.57. The molecule has 1 aliphatic heterocycles. The topological polar surface area (TPSA) is 73.9 Å². The van der Waals surface area contributed by atoms with Crippen molar-refractivity contribution in [3.8, 4) is 17.2 Å². The van der Waals surface area contributed by atoms with Crippen LogP contribution in [0, 0.1) is 0 Å². The maximum Gasteiger partial charge on any atom is 0.290 e. The van der Waals surface area contributed by atoms with E-state index < -0.39 is 5.91 Å². The fraction of sp³-hybridized carbons (Fsp3) is 0.231. The lowest BCUT2D eigenvalue weighted by molar-refractivity contribution is -0.115. The maximum atomic E-state index is 11.5. The number of carbonyl (C=O) groups excluding carboxylic acids is 2. The van der Waals surface area contributed by atoms with Crippen LogP contribution < -0.4 is 19.5 Å². The van der Waals surface area contributed by atoms with Crippen molar-refractivity contribution in [1.29, 1.82) is 0 Å². The highest BCUT2D eigenvalue weighted by Crippen LogP contribution is 2.41. The zero-order chi connectivity index (χ0) is 14.7. The SMILES string of the molecule is COc1ccc(C=C2SC(=O)NC2=O)c(OC)c1OC. The number of carbonyl (C=O) groups is 2. The van der Waals surface area contributed by atoms with Crippen molar-refractivity contribution in [2.24, 2.45) is 0 Å². The Hall–Kier alpha value is -2.15. The number of rotatable bonds is 4. The summed E-state index contributed by atoms with van der Waals surface area (Å²) in [6, 6.07) is 3.43. The Kier molecular flexibility index (Phi) is 4.19. The molecule has 1 aromatic rings. The van der Waals surface area contributed by atoms with E-state index in [9.17, 15) is 9.59 Å². The third-order valence-corrected chi connectivity index (χ3v) is 3.47. The predicted octanol–water partition coefficient (Wildman–Crippen LogP) is 2.04. The Morgan fingerprint density at radius 3 is 2.25 bits per heavy atom. The summed E-state index contributed by atoms with van der Waals surface area (Å²) in [5.41, 5.74) is 0.623. The van der Waals surface area contributed by atoms with E-state index in [1.54, 1.807) is 18.2 Å². The van der Waals surface area contributed by atoms with E-state index in [2.05, 4.69) is 5.32 Å². The number of hydrogen-bond acceptors (Lipinski definition) is 6. The van der Waals surface area contributed by atoms with Gasteiger partial charge in [-0.1, -0.05) is 0 Å². The molecule has 0 aromatic heterocycles. The first-order valence-corrected chi connectivity index (χ1v) is 6.46. The molecule has 20 heavy (non-hydrogen) atoms. The Bertz CT molecular complexity index is 597. The molecule has 1 heterocycles. The van der Waals surface area contributed by atoms with Crippen LogP contribution in [-0.4, -0.2) is 32.5 Å². The minimum atomic E-state index is -0.420. The summed E-state index contributed by atoms with van der Waals surface area (Å²) in [6.45, 7) is 0. The first-order valence-electron chi connectivity index (χ1n) is 5.64. The Morgan fingerprint density at radius 2 is 1.75 bits per heavy atom. The lowest BCUT2D eigenvalue weighted by atomic mass is 10.1. The number of methoxy groups -OCH3 is 3. The van der Waals surface area contributed by atoms with Crippen molar-refractivity contribution in [1.82, 2.24) is 5.32 Å². The highest BCUT2D eigenvalue weighted by atomic mass is 32.2. The van der Waals surface area contributed by atoms with E-state index in [4.69, 9.17) is 14.2 Å². The molecule has 2 amide bonds. The monoisotopic (exact) mass is 295 g/mol. The van der Waals surface area contributed by atoms with Gasteiger partial charge in [-0.05, 0) is 30.0 Å². The van der Waals surface area contributed by atoms with E-state index in [-0.39, 0.29) is 5.24 Å². The summed E-state index contributed by atoms with van der Waals surface area (Å²) in [5.74, 6) is 0.967. The molecule has 1 aliphatic rings. The number of imide groups is 1. The first kappa shape index (κ1) is 14.3. The fourth-order valence-corrected chi connectivity index (χ4v) is 2.47. The molecule has 0 saturated carbocycles. The number of amides is 2. The average molecular weight is 295 g/mol. The quantitative estimate of drug-likeness (QED) is 0.857. The second-order valence-corrected chi connectivity index (χ2v) is 4.79. The molecule has 2 rings (SSSR count). The van der Waals surface area contributed by atoms with Crippen LogP contribution in [0.3, 0.4) is 0 Å². The van der Waals surface area contributed by atoms with Gasteiger partial charge in [0, 0.05) is 5.56 Å². The molecule has 1 saturated heterocycles. The van der Waals surface area contributed by atoms with Gasteiger partial charge in [0.05, 0.1) is 26.2 Å². The van der Waals surface area contributed by atoms with Crippen LogP contribution >= 0.6 is 11.8 Å². The van der Waals surface area contributed by atoms with Crippen LogP contribution in [0.1, 0.15) is 5.56 Å². The van der Waals surface area contributed by atoms with Gasteiger partial charge in [0.25, 0.3) is 11.1 Å². The molecule has 6 nitrogen and oxygen atoms in total. The van der Waals surface area contributed by atoms with Gasteiger partial charge in [-0.2, -0.15) is 0 Å². The van der Waals surface area contributed by atoms with E-state index in [0.29, 0.717) is 27.7 Å². The van der Waals surface area contributed by atoms with Crippen molar-refractivity contribution in [3.63, 3.8) is 0 Å². The van der Waals surface area contributed by atoms with Crippen LogP contribution in [0.5, 0.6) is 17.2 Å². The summed E-state index contributed by atoms with van der Waals surface area (Å²) in [7, 11) is 4.51. The average Bonchev–Trinajstić information content (AvgIpc) is 2.76. The largest absolute Gasteiger partial charge is 0.493 e. The fourth-order valence-electron chi connectivity index (χ4n) is 1.80. The van der Waals surface area contributed by atoms with Crippen LogP contribution in [0.4, 0.5) is 4.79 Å². The first-order chi connectivity index (χ1) is 9.60. The van der Waals surface area contributed by atoms with Crippen LogP contribution in [0.25, 0.3) is 6.08 Å². The number of nitrogens with one attached hydrogen (secondary N) is 1. The number of hydrogen-bond donors (Lipinski definition) is 1. The molecule has 0 spiro atoms. The highest BCUT2D eigenvalue weighted by molar-refractivity contribution is 8.18. The molecule has 7 heteroatoms. The number of benzene rings is 1. The minimum absolute atomic E-state index is 0.306. The zero-order valence-electron chi connectivity index (χ0n) is 11.2. The summed E-state index contributed by atoms with van der Waals surface area (Å²) < 4.78 is 15.7. The molecule has 0 atom stereocenters. The Morgan fingerprint density at radius 1 is 1.05 bits per heavy atom. The molecule has 0 unspecified atom stereocenters. The number of ether oxygens (including phenoxy) is 3. The highest BCUT2D eigenvalue weighted by Gasteiger charge is 2.26. The van der Waals surface area contributed by atoms with Crippen LogP contribution in [0.15, 0.2) is 17.0 Å². The molecular formula is C13H13NO5S. The van der Waals surface area contributed by atoms with Crippen molar-refractivity contribution in [2.45, 2.75) is 0 Å². The van der Waals surface area contributed by atoms with E-state index in [1.165, 1.54) is 21.3 Å². The van der Waals surface area contributed by atoms with Gasteiger partial charge in [0.2, 0.25) is 5.75 Å². The van der Waals surface area contributed by atoms with Gasteiger partial charge in [0.15, 0.2) is 11.5 Å². The second-order valence-electron chi connectivity index (χ2n) is 3.78. The Labute approximate surface area is 120 Å². The maximum absolute atomic E-state index is 11.5. The molecule has 0 aliphatic carbocycles. The molecular weight excluding hydrogens is 282 g/mol. The minimum Gasteiger partial charge on any atom is -0.493 e. The van der Waals surface area contributed by atoms with Gasteiger partial charge in [-0.15, -0.1) is 0 Å². The third-order valence-electron chi connectivity index (χ3n) is 2.66. The Balaban J connectivity index is 2.50. The molecule has 1 aromatic carbocycles.